The van der Waals surface area contributed by atoms with Crippen LogP contribution in [0.25, 0.3) is 0 Å². The minimum atomic E-state index is -0.602. The van der Waals surface area contributed by atoms with Crippen LogP contribution in [-0.4, -0.2) is 38.9 Å². The van der Waals surface area contributed by atoms with E-state index in [1.807, 2.05) is 6.92 Å². The number of nitrogen functional groups attached to an aromatic ring is 1. The topological polar surface area (TPSA) is 90.3 Å². The number of Topliss-reactive ketones (excluding diaryl/α,β-unsaturated/α-hetero) is 1. The van der Waals surface area contributed by atoms with Gasteiger partial charge in [-0.2, -0.15) is 0 Å². The first-order valence-corrected chi connectivity index (χ1v) is 8.25. The van der Waals surface area contributed by atoms with Crippen LogP contribution in [0, 0.1) is 0 Å². The van der Waals surface area contributed by atoms with Crippen molar-refractivity contribution in [2.75, 3.05) is 18.8 Å². The minimum absolute atomic E-state index is 0.00499. The molecule has 1 saturated heterocycles. The van der Waals surface area contributed by atoms with Gasteiger partial charge >= 0.3 is 5.69 Å². The first-order chi connectivity index (χ1) is 10.9. The highest BCUT2D eigenvalue weighted by molar-refractivity contribution is 6.01. The second kappa shape index (κ2) is 7.12. The van der Waals surface area contributed by atoms with Crippen LogP contribution in [0.15, 0.2) is 9.59 Å². The molecular weight excluding hydrogens is 296 g/mol. The Morgan fingerprint density at radius 2 is 2.00 bits per heavy atom. The van der Waals surface area contributed by atoms with E-state index >= 15 is 0 Å². The van der Waals surface area contributed by atoms with Gasteiger partial charge in [0, 0.05) is 19.6 Å². The predicted molar refractivity (Wildman–Crippen MR) is 89.9 cm³/mol. The number of ketones is 1. The van der Waals surface area contributed by atoms with Crippen molar-refractivity contribution in [3.8, 4) is 0 Å². The lowest BCUT2D eigenvalue weighted by Gasteiger charge is -2.32. The molecule has 0 bridgehead atoms. The van der Waals surface area contributed by atoms with Gasteiger partial charge in [0.1, 0.15) is 11.4 Å². The summed E-state index contributed by atoms with van der Waals surface area (Å²) in [6.45, 7) is 5.41. The molecule has 1 aliphatic rings. The molecule has 0 saturated carbocycles. The smallest absolute Gasteiger partial charge is 0.332 e. The maximum Gasteiger partial charge on any atom is 0.332 e. The SMILES string of the molecule is CCCn1c(N)c(C(=O)CN2CCCCC2C)c(=O)n(C)c1=O. The van der Waals surface area contributed by atoms with Gasteiger partial charge < -0.3 is 5.73 Å². The molecule has 0 amide bonds. The second-order valence-corrected chi connectivity index (χ2v) is 6.30. The normalized spacial score (nSPS) is 19.0. The Balaban J connectivity index is 2.40. The molecule has 1 fully saturated rings. The fourth-order valence-corrected chi connectivity index (χ4v) is 3.14. The number of likely N-dealkylation sites (tertiary alicyclic amines) is 1. The van der Waals surface area contributed by atoms with Gasteiger partial charge in [-0.15, -0.1) is 0 Å². The lowest BCUT2D eigenvalue weighted by molar-refractivity contribution is 0.0858. The van der Waals surface area contributed by atoms with Crippen molar-refractivity contribution < 1.29 is 4.79 Å². The average molecular weight is 322 g/mol. The molecule has 128 valence electrons. The van der Waals surface area contributed by atoms with Crippen LogP contribution < -0.4 is 17.0 Å². The summed E-state index contributed by atoms with van der Waals surface area (Å²) in [4.78, 5) is 39.3. The van der Waals surface area contributed by atoms with Crippen molar-refractivity contribution in [1.29, 1.82) is 0 Å². The number of hydrogen-bond acceptors (Lipinski definition) is 5. The highest BCUT2D eigenvalue weighted by atomic mass is 16.2. The van der Waals surface area contributed by atoms with E-state index in [1.54, 1.807) is 0 Å². The summed E-state index contributed by atoms with van der Waals surface area (Å²) in [7, 11) is 1.39. The van der Waals surface area contributed by atoms with E-state index in [-0.39, 0.29) is 23.7 Å². The quantitative estimate of drug-likeness (QED) is 0.802. The zero-order chi connectivity index (χ0) is 17.1. The number of nitrogens with two attached hydrogens (primary N) is 1. The molecule has 23 heavy (non-hydrogen) atoms. The standard InChI is InChI=1S/C16H26N4O3/c1-4-8-20-14(17)13(15(22)18(3)16(20)23)12(21)10-19-9-6-5-7-11(19)2/h11H,4-10,17H2,1-3H3. The third-order valence-electron chi connectivity index (χ3n) is 4.60. The average Bonchev–Trinajstić information content (AvgIpc) is 2.52. The zero-order valence-corrected chi connectivity index (χ0v) is 14.2. The summed E-state index contributed by atoms with van der Waals surface area (Å²) in [5.74, 6) is -0.309. The van der Waals surface area contributed by atoms with Crippen molar-refractivity contribution in [3.63, 3.8) is 0 Å². The molecule has 2 rings (SSSR count). The molecular formula is C16H26N4O3. The van der Waals surface area contributed by atoms with Crippen LogP contribution in [0.4, 0.5) is 5.82 Å². The zero-order valence-electron chi connectivity index (χ0n) is 14.2. The first-order valence-electron chi connectivity index (χ1n) is 8.25. The fourth-order valence-electron chi connectivity index (χ4n) is 3.14. The Morgan fingerprint density at radius 3 is 2.61 bits per heavy atom. The van der Waals surface area contributed by atoms with E-state index in [9.17, 15) is 14.4 Å². The molecule has 1 atom stereocenters. The van der Waals surface area contributed by atoms with Crippen molar-refractivity contribution in [2.45, 2.75) is 52.1 Å². The van der Waals surface area contributed by atoms with Crippen LogP contribution in [0.1, 0.15) is 49.9 Å². The summed E-state index contributed by atoms with van der Waals surface area (Å²) in [6, 6.07) is 0.319. The molecule has 1 aliphatic heterocycles. The monoisotopic (exact) mass is 322 g/mol. The molecule has 0 radical (unpaired) electrons. The van der Waals surface area contributed by atoms with Gasteiger partial charge in [0.05, 0.1) is 6.54 Å². The number of rotatable bonds is 5. The van der Waals surface area contributed by atoms with Crippen LogP contribution in [0.5, 0.6) is 0 Å². The number of piperidine rings is 1. The lowest BCUT2D eigenvalue weighted by Crippen LogP contribution is -2.46. The number of anilines is 1. The molecule has 0 aromatic carbocycles. The maximum absolute atomic E-state index is 12.7. The van der Waals surface area contributed by atoms with E-state index in [1.165, 1.54) is 11.6 Å². The van der Waals surface area contributed by atoms with Gasteiger partial charge in [0.15, 0.2) is 5.78 Å². The molecule has 7 heteroatoms. The van der Waals surface area contributed by atoms with Crippen molar-refractivity contribution in [1.82, 2.24) is 14.0 Å². The van der Waals surface area contributed by atoms with Crippen molar-refractivity contribution in [2.24, 2.45) is 7.05 Å². The Morgan fingerprint density at radius 1 is 1.30 bits per heavy atom. The lowest BCUT2D eigenvalue weighted by atomic mass is 10.0. The van der Waals surface area contributed by atoms with Crippen molar-refractivity contribution >= 4 is 11.6 Å². The van der Waals surface area contributed by atoms with Crippen LogP contribution in [0.3, 0.4) is 0 Å². The third-order valence-corrected chi connectivity index (χ3v) is 4.60. The first kappa shape index (κ1) is 17.5. The van der Waals surface area contributed by atoms with E-state index < -0.39 is 11.2 Å². The van der Waals surface area contributed by atoms with E-state index in [4.69, 9.17) is 5.73 Å². The second-order valence-electron chi connectivity index (χ2n) is 6.30. The van der Waals surface area contributed by atoms with Crippen LogP contribution in [-0.2, 0) is 13.6 Å². The van der Waals surface area contributed by atoms with Gasteiger partial charge in [0.25, 0.3) is 5.56 Å². The van der Waals surface area contributed by atoms with Gasteiger partial charge in [-0.3, -0.25) is 23.6 Å². The van der Waals surface area contributed by atoms with Crippen LogP contribution >= 0.6 is 0 Å². The molecule has 1 aromatic heterocycles. The van der Waals surface area contributed by atoms with Gasteiger partial charge in [0.2, 0.25) is 0 Å². The van der Waals surface area contributed by atoms with Gasteiger partial charge in [-0.25, -0.2) is 4.79 Å². The molecule has 7 nitrogen and oxygen atoms in total. The van der Waals surface area contributed by atoms with E-state index in [0.717, 1.165) is 30.4 Å². The largest absolute Gasteiger partial charge is 0.384 e. The molecule has 2 N–H and O–H groups in total. The molecule has 1 unspecified atom stereocenters. The number of hydrogen-bond donors (Lipinski definition) is 1. The summed E-state index contributed by atoms with van der Waals surface area (Å²) in [6.07, 6.45) is 3.97. The predicted octanol–water partition coefficient (Wildman–Crippen LogP) is 0.596. The van der Waals surface area contributed by atoms with Crippen molar-refractivity contribution in [3.05, 3.63) is 26.4 Å². The molecule has 1 aromatic rings. The number of aromatic nitrogens is 2. The maximum atomic E-state index is 12.7. The number of carbonyl (C=O) groups excluding carboxylic acids is 1. The highest BCUT2D eigenvalue weighted by Crippen LogP contribution is 2.17. The molecule has 0 aliphatic carbocycles. The molecule has 2 heterocycles. The van der Waals surface area contributed by atoms with Gasteiger partial charge in [-0.05, 0) is 32.7 Å². The number of carbonyl (C=O) groups is 1. The summed E-state index contributed by atoms with van der Waals surface area (Å²) >= 11 is 0. The summed E-state index contributed by atoms with van der Waals surface area (Å²) in [5.41, 5.74) is 4.86. The Labute approximate surface area is 135 Å². The Kier molecular flexibility index (Phi) is 5.41. The molecule has 0 spiro atoms. The summed E-state index contributed by atoms with van der Waals surface area (Å²) in [5, 5.41) is 0. The Hall–Kier alpha value is -1.89. The van der Waals surface area contributed by atoms with E-state index in [2.05, 4.69) is 11.8 Å². The van der Waals surface area contributed by atoms with E-state index in [0.29, 0.717) is 19.0 Å². The fraction of sp³-hybridized carbons (Fsp3) is 0.688. The Bertz CT molecular complexity index is 705. The minimum Gasteiger partial charge on any atom is -0.384 e. The number of nitrogens with zero attached hydrogens (tertiary/aromatic N) is 3. The van der Waals surface area contributed by atoms with Gasteiger partial charge in [-0.1, -0.05) is 13.3 Å². The van der Waals surface area contributed by atoms with Crippen LogP contribution in [0.2, 0.25) is 0 Å². The summed E-state index contributed by atoms with van der Waals surface area (Å²) < 4.78 is 2.28. The third kappa shape index (κ3) is 3.39. The highest BCUT2D eigenvalue weighted by Gasteiger charge is 2.26.